The molecule has 6 nitrogen and oxygen atoms in total. The number of halogens is 2. The van der Waals surface area contributed by atoms with Crippen LogP contribution in [0.4, 0.5) is 19.3 Å². The van der Waals surface area contributed by atoms with Crippen LogP contribution in [0, 0.1) is 18.6 Å². The number of cyclic esters (lactones) is 1. The Morgan fingerprint density at radius 3 is 2.46 bits per heavy atom. The second kappa shape index (κ2) is 6.65. The molecule has 1 N–H and O–H groups in total. The van der Waals surface area contributed by atoms with E-state index in [1.54, 1.807) is 6.92 Å². The molecule has 1 aliphatic heterocycles. The van der Waals surface area contributed by atoms with E-state index in [0.29, 0.717) is 11.6 Å². The van der Waals surface area contributed by atoms with Gasteiger partial charge in [-0.15, -0.1) is 0 Å². The van der Waals surface area contributed by atoms with Crippen LogP contribution in [0.2, 0.25) is 0 Å². The minimum absolute atomic E-state index is 0.0402. The maximum Gasteiger partial charge on any atom is 0.414 e. The lowest BCUT2D eigenvalue weighted by Gasteiger charge is -2.14. The third-order valence-corrected chi connectivity index (χ3v) is 4.95. The molecule has 1 heterocycles. The molecule has 1 aliphatic rings. The number of carbonyl (C=O) groups excluding carboxylic acids is 1. The SMILES string of the molecule is Cc1ccc(S(=O)(=O)O)cc1C[C@@H]1CN(c2cc(F)cc(F)c2)C(=O)O1. The summed E-state index contributed by atoms with van der Waals surface area (Å²) >= 11 is 0. The third-order valence-electron chi connectivity index (χ3n) is 4.10. The van der Waals surface area contributed by atoms with Crippen LogP contribution in [-0.2, 0) is 21.3 Å². The number of amides is 1. The molecule has 0 bridgehead atoms. The summed E-state index contributed by atoms with van der Waals surface area (Å²) in [5, 5.41) is 0. The summed E-state index contributed by atoms with van der Waals surface area (Å²) in [6.07, 6.45) is -1.19. The fraction of sp³-hybridized carbons (Fsp3) is 0.235. The van der Waals surface area contributed by atoms with Gasteiger partial charge in [-0.3, -0.25) is 9.45 Å². The zero-order valence-corrected chi connectivity index (χ0v) is 14.5. The van der Waals surface area contributed by atoms with Crippen LogP contribution in [0.5, 0.6) is 0 Å². The highest BCUT2D eigenvalue weighted by Gasteiger charge is 2.33. The average molecular weight is 383 g/mol. The predicted octanol–water partition coefficient (Wildman–Crippen LogP) is 3.09. The lowest BCUT2D eigenvalue weighted by molar-refractivity contribution is 0.141. The summed E-state index contributed by atoms with van der Waals surface area (Å²) in [7, 11) is -4.35. The Labute approximate surface area is 148 Å². The molecule has 0 spiro atoms. The van der Waals surface area contributed by atoms with E-state index in [1.165, 1.54) is 18.2 Å². The molecule has 2 aromatic carbocycles. The molecule has 138 valence electrons. The first-order valence-electron chi connectivity index (χ1n) is 7.65. The van der Waals surface area contributed by atoms with Crippen LogP contribution in [0.15, 0.2) is 41.3 Å². The highest BCUT2D eigenvalue weighted by atomic mass is 32.2. The van der Waals surface area contributed by atoms with E-state index >= 15 is 0 Å². The maximum atomic E-state index is 13.4. The van der Waals surface area contributed by atoms with Crippen LogP contribution >= 0.6 is 0 Å². The third kappa shape index (κ3) is 3.83. The number of hydrogen-bond donors (Lipinski definition) is 1. The summed E-state index contributed by atoms with van der Waals surface area (Å²) in [5.41, 5.74) is 1.37. The number of rotatable bonds is 4. The topological polar surface area (TPSA) is 83.9 Å². The lowest BCUT2D eigenvalue weighted by atomic mass is 10.0. The first-order chi connectivity index (χ1) is 12.1. The van der Waals surface area contributed by atoms with Crippen molar-refractivity contribution in [2.24, 2.45) is 0 Å². The zero-order chi connectivity index (χ0) is 19.1. The van der Waals surface area contributed by atoms with Crippen molar-refractivity contribution >= 4 is 21.9 Å². The lowest BCUT2D eigenvalue weighted by Crippen LogP contribution is -2.25. The number of aryl methyl sites for hydroxylation is 1. The molecule has 0 radical (unpaired) electrons. The van der Waals surface area contributed by atoms with Crippen molar-refractivity contribution in [3.05, 3.63) is 59.2 Å². The molecule has 2 aromatic rings. The summed E-state index contributed by atoms with van der Waals surface area (Å²) in [4.78, 5) is 12.9. The molecule has 26 heavy (non-hydrogen) atoms. The summed E-state index contributed by atoms with van der Waals surface area (Å²) < 4.78 is 63.7. The van der Waals surface area contributed by atoms with Crippen LogP contribution < -0.4 is 4.90 Å². The van der Waals surface area contributed by atoms with Crippen molar-refractivity contribution in [2.45, 2.75) is 24.3 Å². The number of nitrogens with zero attached hydrogens (tertiary/aromatic N) is 1. The molecular formula is C17H15F2NO5S. The van der Waals surface area contributed by atoms with Gasteiger partial charge < -0.3 is 4.74 Å². The van der Waals surface area contributed by atoms with Gasteiger partial charge in [0.2, 0.25) is 0 Å². The zero-order valence-electron chi connectivity index (χ0n) is 13.6. The van der Waals surface area contributed by atoms with Crippen molar-refractivity contribution in [3.8, 4) is 0 Å². The Balaban J connectivity index is 1.82. The first kappa shape index (κ1) is 18.3. The van der Waals surface area contributed by atoms with E-state index in [2.05, 4.69) is 0 Å². The molecule has 1 fully saturated rings. The van der Waals surface area contributed by atoms with Gasteiger partial charge in [0.15, 0.2) is 0 Å². The molecule has 1 saturated heterocycles. The van der Waals surface area contributed by atoms with Gasteiger partial charge in [0.25, 0.3) is 10.1 Å². The van der Waals surface area contributed by atoms with Crippen LogP contribution in [0.25, 0.3) is 0 Å². The van der Waals surface area contributed by atoms with E-state index < -0.39 is 33.9 Å². The maximum absolute atomic E-state index is 13.4. The molecule has 0 unspecified atom stereocenters. The minimum atomic E-state index is -4.35. The second-order valence-electron chi connectivity index (χ2n) is 6.01. The van der Waals surface area contributed by atoms with E-state index in [0.717, 1.165) is 22.6 Å². The Bertz CT molecular complexity index is 957. The molecule has 9 heteroatoms. The van der Waals surface area contributed by atoms with Crippen molar-refractivity contribution < 1.29 is 31.3 Å². The molecule has 0 aliphatic carbocycles. The highest BCUT2D eigenvalue weighted by Crippen LogP contribution is 2.26. The van der Waals surface area contributed by atoms with Crippen LogP contribution in [0.3, 0.4) is 0 Å². The molecule has 0 aromatic heterocycles. The van der Waals surface area contributed by atoms with Gasteiger partial charge in [0.05, 0.1) is 17.1 Å². The van der Waals surface area contributed by atoms with Gasteiger partial charge in [-0.2, -0.15) is 8.42 Å². The van der Waals surface area contributed by atoms with Gasteiger partial charge in [-0.25, -0.2) is 13.6 Å². The van der Waals surface area contributed by atoms with E-state index in [9.17, 15) is 22.0 Å². The standard InChI is InChI=1S/C17H15F2NO5S/c1-10-2-3-16(26(22,23)24)5-11(10)4-15-9-20(17(21)25-15)14-7-12(18)6-13(19)8-14/h2-3,5-8,15H,4,9H2,1H3,(H,22,23,24)/t15-/m1/s1. The number of benzene rings is 2. The molecular weight excluding hydrogens is 368 g/mol. The van der Waals surface area contributed by atoms with Crippen LogP contribution in [-0.4, -0.2) is 31.7 Å². The summed E-state index contributed by atoms with van der Waals surface area (Å²) in [6, 6.07) is 6.87. The van der Waals surface area contributed by atoms with E-state index in [4.69, 9.17) is 9.29 Å². The van der Waals surface area contributed by atoms with Gasteiger partial charge in [-0.05, 0) is 42.3 Å². The van der Waals surface area contributed by atoms with Crippen molar-refractivity contribution in [1.82, 2.24) is 0 Å². The highest BCUT2D eigenvalue weighted by molar-refractivity contribution is 7.85. The Kier molecular flexibility index (Phi) is 4.68. The van der Waals surface area contributed by atoms with Gasteiger partial charge in [0, 0.05) is 12.5 Å². The minimum Gasteiger partial charge on any atom is -0.444 e. The number of hydrogen-bond acceptors (Lipinski definition) is 4. The second-order valence-corrected chi connectivity index (χ2v) is 7.43. The summed E-state index contributed by atoms with van der Waals surface area (Å²) in [5.74, 6) is -1.62. The van der Waals surface area contributed by atoms with E-state index in [-0.39, 0.29) is 23.5 Å². The quantitative estimate of drug-likeness (QED) is 0.821. The normalized spacial score (nSPS) is 17.5. The number of ether oxygens (including phenoxy) is 1. The molecule has 0 saturated carbocycles. The number of anilines is 1. The van der Waals surface area contributed by atoms with Gasteiger partial charge in [-0.1, -0.05) is 6.07 Å². The predicted molar refractivity (Wildman–Crippen MR) is 88.7 cm³/mol. The van der Waals surface area contributed by atoms with Gasteiger partial charge in [0.1, 0.15) is 17.7 Å². The fourth-order valence-electron chi connectivity index (χ4n) is 2.81. The van der Waals surface area contributed by atoms with Crippen LogP contribution in [0.1, 0.15) is 11.1 Å². The molecule has 1 amide bonds. The monoisotopic (exact) mass is 383 g/mol. The Morgan fingerprint density at radius 2 is 1.85 bits per heavy atom. The molecule has 1 atom stereocenters. The molecule has 3 rings (SSSR count). The van der Waals surface area contributed by atoms with E-state index in [1.807, 2.05) is 0 Å². The Morgan fingerprint density at radius 1 is 1.19 bits per heavy atom. The van der Waals surface area contributed by atoms with Crippen molar-refractivity contribution in [2.75, 3.05) is 11.4 Å². The largest absolute Gasteiger partial charge is 0.444 e. The average Bonchev–Trinajstić information content (AvgIpc) is 2.88. The van der Waals surface area contributed by atoms with Gasteiger partial charge >= 0.3 is 6.09 Å². The first-order valence-corrected chi connectivity index (χ1v) is 9.09. The number of carbonyl (C=O) groups is 1. The Hall–Kier alpha value is -2.52. The van der Waals surface area contributed by atoms with Crippen molar-refractivity contribution in [1.29, 1.82) is 0 Å². The smallest absolute Gasteiger partial charge is 0.414 e. The summed E-state index contributed by atoms with van der Waals surface area (Å²) in [6.45, 7) is 1.80. The van der Waals surface area contributed by atoms with Crippen molar-refractivity contribution in [3.63, 3.8) is 0 Å². The fourth-order valence-corrected chi connectivity index (χ4v) is 3.34.